The molecule has 1 amide bonds. The average Bonchev–Trinajstić information content (AvgIpc) is 2.84. The molecule has 0 bridgehead atoms. The van der Waals surface area contributed by atoms with E-state index in [0.29, 0.717) is 23.4 Å². The highest BCUT2D eigenvalue weighted by atomic mass is 35.5. The minimum atomic E-state index is -0.825. The summed E-state index contributed by atoms with van der Waals surface area (Å²) in [6.07, 6.45) is 6.45. The summed E-state index contributed by atoms with van der Waals surface area (Å²) in [4.78, 5) is 40.8. The highest BCUT2D eigenvalue weighted by Gasteiger charge is 2.46. The number of pyridine rings is 1. The first-order valence-corrected chi connectivity index (χ1v) is 12.1. The molecule has 1 aliphatic carbocycles. The number of hydrogen-bond acceptors (Lipinski definition) is 6. The SMILES string of the molecule is CCOC(=O)CN(C)C(=O)c1ccc[n+](COCN(C)C2(c3ccccc3Cl)CCCCC2=O)c1. The maximum absolute atomic E-state index is 13.2. The number of rotatable bonds is 10. The number of carbonyl (C=O) groups excluding carboxylic acids is 3. The van der Waals surface area contributed by atoms with E-state index in [1.165, 1.54) is 4.90 Å². The smallest absolute Gasteiger partial charge is 0.325 e. The third-order valence-corrected chi connectivity index (χ3v) is 6.60. The van der Waals surface area contributed by atoms with Crippen molar-refractivity contribution in [3.05, 3.63) is 64.9 Å². The van der Waals surface area contributed by atoms with E-state index in [0.717, 1.165) is 18.4 Å². The number of hydrogen-bond donors (Lipinski definition) is 0. The number of aromatic nitrogens is 1. The second kappa shape index (κ2) is 12.2. The average molecular weight is 503 g/mol. The Labute approximate surface area is 211 Å². The molecule has 1 saturated carbocycles. The van der Waals surface area contributed by atoms with Gasteiger partial charge in [-0.15, -0.1) is 0 Å². The number of amides is 1. The van der Waals surface area contributed by atoms with Gasteiger partial charge in [-0.05, 0) is 44.5 Å². The standard InChI is InChI=1S/C26H33ClN3O5/c1-4-35-24(32)17-28(2)25(33)20-10-9-15-30(16-20)19-34-18-29(3)26(14-8-7-13-23(26)31)21-11-5-6-12-22(21)27/h5-6,9-12,15-16H,4,7-8,13-14,17-19H2,1-3H3/q+1. The Morgan fingerprint density at radius 3 is 2.63 bits per heavy atom. The second-order valence-electron chi connectivity index (χ2n) is 8.70. The number of ketones is 1. The topological polar surface area (TPSA) is 80.0 Å². The van der Waals surface area contributed by atoms with Crippen LogP contribution in [0.1, 0.15) is 48.5 Å². The highest BCUT2D eigenvalue weighted by Crippen LogP contribution is 2.42. The van der Waals surface area contributed by atoms with Gasteiger partial charge in [0.1, 0.15) is 24.4 Å². The van der Waals surface area contributed by atoms with Gasteiger partial charge in [-0.2, -0.15) is 4.57 Å². The molecule has 0 radical (unpaired) electrons. The van der Waals surface area contributed by atoms with Gasteiger partial charge < -0.3 is 14.4 Å². The summed E-state index contributed by atoms with van der Waals surface area (Å²) in [6, 6.07) is 10.9. The van der Waals surface area contributed by atoms with Crippen LogP contribution in [0.2, 0.25) is 5.02 Å². The van der Waals surface area contributed by atoms with Crippen LogP contribution in [0, 0.1) is 0 Å². The Bertz CT molecular complexity index is 1060. The second-order valence-corrected chi connectivity index (χ2v) is 9.11. The highest BCUT2D eigenvalue weighted by molar-refractivity contribution is 6.31. The quantitative estimate of drug-likeness (QED) is 0.282. The van der Waals surface area contributed by atoms with Crippen molar-refractivity contribution < 1.29 is 28.4 Å². The molecule has 8 nitrogen and oxygen atoms in total. The molecule has 35 heavy (non-hydrogen) atoms. The van der Waals surface area contributed by atoms with Gasteiger partial charge in [0.25, 0.3) is 12.6 Å². The summed E-state index contributed by atoms with van der Waals surface area (Å²) in [5, 5.41) is 0.571. The van der Waals surface area contributed by atoms with Gasteiger partial charge in [-0.25, -0.2) is 0 Å². The number of Topliss-reactive ketones (excluding diaryl/α,β-unsaturated/α-hetero) is 1. The first-order chi connectivity index (χ1) is 16.8. The van der Waals surface area contributed by atoms with E-state index in [1.54, 1.807) is 43.1 Å². The monoisotopic (exact) mass is 502 g/mol. The summed E-state index contributed by atoms with van der Waals surface area (Å²) in [5.41, 5.74) is 0.406. The lowest BCUT2D eigenvalue weighted by molar-refractivity contribution is -0.733. The van der Waals surface area contributed by atoms with Crippen LogP contribution in [-0.2, 0) is 31.3 Å². The molecule has 188 valence electrons. The predicted octanol–water partition coefficient (Wildman–Crippen LogP) is 3.16. The van der Waals surface area contributed by atoms with E-state index in [1.807, 2.05) is 36.2 Å². The van der Waals surface area contributed by atoms with Gasteiger partial charge in [0.15, 0.2) is 18.2 Å². The van der Waals surface area contributed by atoms with E-state index in [2.05, 4.69) is 0 Å². The van der Waals surface area contributed by atoms with Gasteiger partial charge >= 0.3 is 5.97 Å². The fraction of sp³-hybridized carbons (Fsp3) is 0.462. The Kier molecular flexibility index (Phi) is 9.37. The van der Waals surface area contributed by atoms with Crippen LogP contribution in [0.5, 0.6) is 0 Å². The number of ether oxygens (including phenoxy) is 2. The van der Waals surface area contributed by atoms with Gasteiger partial charge in [0.2, 0.25) is 0 Å². The number of esters is 1. The summed E-state index contributed by atoms with van der Waals surface area (Å²) < 4.78 is 12.6. The molecule has 1 fully saturated rings. The molecule has 1 aliphatic rings. The number of halogens is 1. The number of nitrogens with zero attached hydrogens (tertiary/aromatic N) is 3. The zero-order valence-electron chi connectivity index (χ0n) is 20.5. The van der Waals surface area contributed by atoms with E-state index in [9.17, 15) is 14.4 Å². The maximum Gasteiger partial charge on any atom is 0.325 e. The van der Waals surface area contributed by atoms with Crippen LogP contribution in [0.4, 0.5) is 0 Å². The summed E-state index contributed by atoms with van der Waals surface area (Å²) in [6.45, 7) is 2.24. The van der Waals surface area contributed by atoms with E-state index < -0.39 is 11.5 Å². The van der Waals surface area contributed by atoms with Gasteiger partial charge in [-0.3, -0.25) is 19.3 Å². The van der Waals surface area contributed by atoms with Crippen molar-refractivity contribution in [1.82, 2.24) is 9.80 Å². The van der Waals surface area contributed by atoms with Crippen molar-refractivity contribution >= 4 is 29.3 Å². The van der Waals surface area contributed by atoms with Crippen molar-refractivity contribution in [2.24, 2.45) is 0 Å². The molecular weight excluding hydrogens is 470 g/mol. The normalized spacial score (nSPS) is 17.9. The molecule has 0 saturated heterocycles. The van der Waals surface area contributed by atoms with Gasteiger partial charge in [0, 0.05) is 24.6 Å². The lowest BCUT2D eigenvalue weighted by Crippen LogP contribution is -2.53. The maximum atomic E-state index is 13.2. The molecule has 1 aromatic carbocycles. The molecule has 0 aliphatic heterocycles. The van der Waals surface area contributed by atoms with Gasteiger partial charge in [-0.1, -0.05) is 36.2 Å². The van der Waals surface area contributed by atoms with Gasteiger partial charge in [0.05, 0.1) is 6.61 Å². The molecule has 0 N–H and O–H groups in total. The number of benzene rings is 1. The third kappa shape index (κ3) is 6.25. The van der Waals surface area contributed by atoms with E-state index in [4.69, 9.17) is 21.1 Å². The molecule has 1 heterocycles. The van der Waals surface area contributed by atoms with Crippen LogP contribution in [-0.4, -0.2) is 61.4 Å². The van der Waals surface area contributed by atoms with Crippen LogP contribution in [0.3, 0.4) is 0 Å². The van der Waals surface area contributed by atoms with E-state index >= 15 is 0 Å². The van der Waals surface area contributed by atoms with Crippen LogP contribution in [0.25, 0.3) is 0 Å². The van der Waals surface area contributed by atoms with Crippen molar-refractivity contribution in [2.45, 2.75) is 44.9 Å². The Balaban J connectivity index is 1.67. The summed E-state index contributed by atoms with van der Waals surface area (Å²) in [5.74, 6) is -0.605. The fourth-order valence-corrected chi connectivity index (χ4v) is 4.81. The molecule has 0 spiro atoms. The molecular formula is C26H33ClN3O5+. The number of likely N-dealkylation sites (N-methyl/N-ethyl adjacent to an activating group) is 2. The van der Waals surface area contributed by atoms with Crippen molar-refractivity contribution in [1.29, 1.82) is 0 Å². The largest absolute Gasteiger partial charge is 0.465 e. The molecule has 2 aromatic rings. The molecule has 1 unspecified atom stereocenters. The van der Waals surface area contributed by atoms with Crippen molar-refractivity contribution in [2.75, 3.05) is 34.0 Å². The van der Waals surface area contributed by atoms with Crippen molar-refractivity contribution in [3.63, 3.8) is 0 Å². The Morgan fingerprint density at radius 2 is 1.91 bits per heavy atom. The minimum Gasteiger partial charge on any atom is -0.465 e. The first-order valence-electron chi connectivity index (χ1n) is 11.8. The van der Waals surface area contributed by atoms with Crippen LogP contribution in [0.15, 0.2) is 48.8 Å². The molecule has 3 rings (SSSR count). The lowest BCUT2D eigenvalue weighted by Gasteiger charge is -2.43. The predicted molar refractivity (Wildman–Crippen MR) is 131 cm³/mol. The molecule has 1 atom stereocenters. The summed E-state index contributed by atoms with van der Waals surface area (Å²) in [7, 11) is 3.43. The summed E-state index contributed by atoms with van der Waals surface area (Å²) >= 11 is 6.52. The van der Waals surface area contributed by atoms with Crippen molar-refractivity contribution in [3.8, 4) is 0 Å². The zero-order chi connectivity index (χ0) is 25.4. The third-order valence-electron chi connectivity index (χ3n) is 6.27. The Hall–Kier alpha value is -2.81. The molecule has 1 aromatic heterocycles. The molecule has 9 heteroatoms. The van der Waals surface area contributed by atoms with E-state index in [-0.39, 0.29) is 38.3 Å². The minimum absolute atomic E-state index is 0.124. The lowest BCUT2D eigenvalue weighted by atomic mass is 9.74. The van der Waals surface area contributed by atoms with Crippen LogP contribution >= 0.6 is 11.6 Å². The first kappa shape index (κ1) is 26.8. The fourth-order valence-electron chi connectivity index (χ4n) is 4.52. The van der Waals surface area contributed by atoms with Crippen LogP contribution < -0.4 is 4.57 Å². The zero-order valence-corrected chi connectivity index (χ0v) is 21.3. The number of carbonyl (C=O) groups is 3. The Morgan fingerprint density at radius 1 is 1.14 bits per heavy atom.